The van der Waals surface area contributed by atoms with E-state index < -0.39 is 16.0 Å². The van der Waals surface area contributed by atoms with Gasteiger partial charge < -0.3 is 4.74 Å². The zero-order valence-corrected chi connectivity index (χ0v) is 16.9. The van der Waals surface area contributed by atoms with Crippen molar-refractivity contribution in [3.63, 3.8) is 0 Å². The van der Waals surface area contributed by atoms with Crippen LogP contribution in [0.1, 0.15) is 36.0 Å². The molecule has 5 nitrogen and oxygen atoms in total. The van der Waals surface area contributed by atoms with Gasteiger partial charge in [0.15, 0.2) is 0 Å². The number of hydrogen-bond donors (Lipinski definition) is 0. The van der Waals surface area contributed by atoms with Crippen LogP contribution in [0.3, 0.4) is 0 Å². The third-order valence-electron chi connectivity index (χ3n) is 4.38. The lowest BCUT2D eigenvalue weighted by atomic mass is 10.2. The predicted octanol–water partition coefficient (Wildman–Crippen LogP) is 4.78. The van der Waals surface area contributed by atoms with E-state index in [0.717, 1.165) is 25.7 Å². The third-order valence-corrected chi connectivity index (χ3v) is 6.86. The first-order valence-electron chi connectivity index (χ1n) is 8.65. The second-order valence-corrected chi connectivity index (χ2v) is 9.08. The number of nitrogens with zero attached hydrogens (tertiary/aromatic N) is 1. The molecule has 0 aromatic heterocycles. The monoisotopic (exact) mass is 427 g/mol. The number of esters is 1. The van der Waals surface area contributed by atoms with Crippen LogP contribution in [-0.4, -0.2) is 31.8 Å². The molecule has 0 spiro atoms. The Balaban J connectivity index is 1.86. The normalized spacial score (nSPS) is 15.9. The summed E-state index contributed by atoms with van der Waals surface area (Å²) in [6.45, 7) is 0.963. The molecule has 1 fully saturated rings. The summed E-state index contributed by atoms with van der Waals surface area (Å²) in [5.74, 6) is -0.434. The van der Waals surface area contributed by atoms with Crippen molar-refractivity contribution in [2.75, 3.05) is 13.1 Å². The molecule has 0 radical (unpaired) electrons. The van der Waals surface area contributed by atoms with E-state index in [1.165, 1.54) is 22.5 Å². The van der Waals surface area contributed by atoms with Gasteiger partial charge in [-0.25, -0.2) is 13.2 Å². The number of hydrogen-bond acceptors (Lipinski definition) is 4. The van der Waals surface area contributed by atoms with E-state index in [-0.39, 0.29) is 15.5 Å². The van der Waals surface area contributed by atoms with Crippen molar-refractivity contribution >= 4 is 39.2 Å². The molecule has 2 aromatic carbocycles. The second kappa shape index (κ2) is 8.61. The van der Waals surface area contributed by atoms with Crippen molar-refractivity contribution < 1.29 is 17.9 Å². The molecule has 0 atom stereocenters. The first-order valence-corrected chi connectivity index (χ1v) is 10.8. The Hall–Kier alpha value is -1.60. The molecule has 144 valence electrons. The van der Waals surface area contributed by atoms with E-state index in [9.17, 15) is 13.2 Å². The fraction of sp³-hybridized carbons (Fsp3) is 0.316. The molecule has 0 N–H and O–H groups in total. The Bertz CT molecular complexity index is 921. The average Bonchev–Trinajstić information content (AvgIpc) is 2.94. The van der Waals surface area contributed by atoms with E-state index in [1.54, 1.807) is 24.3 Å². The molecule has 1 aliphatic rings. The SMILES string of the molecule is O=C(Oc1ccc(Cl)cc1)c1cc(S(=O)(=O)N2CCCCCC2)ccc1Cl. The highest BCUT2D eigenvalue weighted by Gasteiger charge is 2.27. The van der Waals surface area contributed by atoms with Crippen LogP contribution in [0.15, 0.2) is 47.4 Å². The number of carbonyl (C=O) groups excluding carboxylic acids is 1. The molecule has 2 aromatic rings. The van der Waals surface area contributed by atoms with Crippen LogP contribution in [0, 0.1) is 0 Å². The van der Waals surface area contributed by atoms with Gasteiger partial charge in [0.2, 0.25) is 10.0 Å². The van der Waals surface area contributed by atoms with E-state index >= 15 is 0 Å². The standard InChI is InChI=1S/C19H19Cl2NO4S/c20-14-5-7-15(8-6-14)26-19(23)17-13-16(9-10-18(17)21)27(24,25)22-11-3-1-2-4-12-22/h5-10,13H,1-4,11-12H2. The Morgan fingerprint density at radius 2 is 1.56 bits per heavy atom. The zero-order chi connectivity index (χ0) is 19.4. The Morgan fingerprint density at radius 1 is 0.926 bits per heavy atom. The highest BCUT2D eigenvalue weighted by atomic mass is 35.5. The van der Waals surface area contributed by atoms with Crippen LogP contribution in [0.5, 0.6) is 5.75 Å². The molecule has 3 rings (SSSR count). The maximum Gasteiger partial charge on any atom is 0.345 e. The number of benzene rings is 2. The van der Waals surface area contributed by atoms with Gasteiger partial charge in [-0.1, -0.05) is 36.0 Å². The van der Waals surface area contributed by atoms with Crippen LogP contribution in [0.2, 0.25) is 10.0 Å². The summed E-state index contributed by atoms with van der Waals surface area (Å²) in [7, 11) is -3.69. The van der Waals surface area contributed by atoms with E-state index in [0.29, 0.717) is 23.9 Å². The van der Waals surface area contributed by atoms with Crippen molar-refractivity contribution in [1.29, 1.82) is 0 Å². The second-order valence-electron chi connectivity index (χ2n) is 6.30. The number of carbonyl (C=O) groups is 1. The first-order chi connectivity index (χ1) is 12.9. The molecule has 0 saturated carbocycles. The zero-order valence-electron chi connectivity index (χ0n) is 14.5. The molecular weight excluding hydrogens is 409 g/mol. The van der Waals surface area contributed by atoms with Gasteiger partial charge >= 0.3 is 5.97 Å². The summed E-state index contributed by atoms with van der Waals surface area (Å²) < 4.78 is 32.6. The maximum absolute atomic E-state index is 12.9. The number of halogens is 2. The van der Waals surface area contributed by atoms with Crippen LogP contribution >= 0.6 is 23.2 Å². The predicted molar refractivity (Wildman–Crippen MR) is 105 cm³/mol. The van der Waals surface area contributed by atoms with Crippen LogP contribution in [0.25, 0.3) is 0 Å². The molecular formula is C19H19Cl2NO4S. The largest absolute Gasteiger partial charge is 0.423 e. The summed E-state index contributed by atoms with van der Waals surface area (Å²) >= 11 is 11.9. The van der Waals surface area contributed by atoms with Gasteiger partial charge in [-0.3, -0.25) is 0 Å². The average molecular weight is 428 g/mol. The van der Waals surface area contributed by atoms with Crippen molar-refractivity contribution in [1.82, 2.24) is 4.31 Å². The van der Waals surface area contributed by atoms with Gasteiger partial charge in [0.25, 0.3) is 0 Å². The van der Waals surface area contributed by atoms with Crippen molar-refractivity contribution in [2.24, 2.45) is 0 Å². The summed E-state index contributed by atoms with van der Waals surface area (Å²) in [6.07, 6.45) is 3.70. The van der Waals surface area contributed by atoms with Gasteiger partial charge in [0.1, 0.15) is 5.75 Å². The Kier molecular flexibility index (Phi) is 6.42. The Morgan fingerprint density at radius 3 is 2.19 bits per heavy atom. The first kappa shape index (κ1) is 20.1. The molecule has 0 amide bonds. The fourth-order valence-electron chi connectivity index (χ4n) is 2.92. The minimum atomic E-state index is -3.69. The summed E-state index contributed by atoms with van der Waals surface area (Å²) in [4.78, 5) is 12.5. The lowest BCUT2D eigenvalue weighted by molar-refractivity contribution is 0.0734. The Labute approximate surface area is 168 Å². The van der Waals surface area contributed by atoms with Crippen molar-refractivity contribution in [2.45, 2.75) is 30.6 Å². The van der Waals surface area contributed by atoms with Gasteiger partial charge in [0, 0.05) is 18.1 Å². The van der Waals surface area contributed by atoms with Gasteiger partial charge in [-0.15, -0.1) is 0 Å². The molecule has 0 bridgehead atoms. The molecule has 1 aliphatic heterocycles. The fourth-order valence-corrected chi connectivity index (χ4v) is 4.78. The third kappa shape index (κ3) is 4.82. The molecule has 8 heteroatoms. The minimum Gasteiger partial charge on any atom is -0.423 e. The van der Waals surface area contributed by atoms with E-state index in [1.807, 2.05) is 0 Å². The van der Waals surface area contributed by atoms with E-state index in [4.69, 9.17) is 27.9 Å². The topological polar surface area (TPSA) is 63.7 Å². The number of sulfonamides is 1. The molecule has 1 saturated heterocycles. The minimum absolute atomic E-state index is 0.00233. The summed E-state index contributed by atoms with van der Waals surface area (Å²) in [6, 6.07) is 10.4. The smallest absolute Gasteiger partial charge is 0.345 e. The van der Waals surface area contributed by atoms with Crippen molar-refractivity contribution in [3.05, 3.63) is 58.1 Å². The van der Waals surface area contributed by atoms with Gasteiger partial charge in [-0.2, -0.15) is 4.31 Å². The van der Waals surface area contributed by atoms with Gasteiger partial charge in [0.05, 0.1) is 15.5 Å². The molecule has 0 aliphatic carbocycles. The van der Waals surface area contributed by atoms with E-state index in [2.05, 4.69) is 0 Å². The molecule has 1 heterocycles. The number of rotatable bonds is 4. The lowest BCUT2D eigenvalue weighted by Crippen LogP contribution is -2.32. The molecule has 27 heavy (non-hydrogen) atoms. The van der Waals surface area contributed by atoms with Crippen molar-refractivity contribution in [3.8, 4) is 5.75 Å². The van der Waals surface area contributed by atoms with Crippen LogP contribution in [-0.2, 0) is 10.0 Å². The summed E-state index contributed by atoms with van der Waals surface area (Å²) in [5, 5.41) is 0.641. The summed E-state index contributed by atoms with van der Waals surface area (Å²) in [5.41, 5.74) is 0.00233. The molecule has 0 unspecified atom stereocenters. The number of ether oxygens (including phenoxy) is 1. The highest BCUT2D eigenvalue weighted by Crippen LogP contribution is 2.26. The maximum atomic E-state index is 12.9. The van der Waals surface area contributed by atoms with Crippen LogP contribution < -0.4 is 4.74 Å². The quantitative estimate of drug-likeness (QED) is 0.520. The van der Waals surface area contributed by atoms with Gasteiger partial charge in [-0.05, 0) is 55.3 Å². The highest BCUT2D eigenvalue weighted by molar-refractivity contribution is 7.89. The van der Waals surface area contributed by atoms with Crippen LogP contribution in [0.4, 0.5) is 0 Å². The lowest BCUT2D eigenvalue weighted by Gasteiger charge is -2.20.